The largest absolute Gasteiger partial charge is 0.350 e. The van der Waals surface area contributed by atoms with Crippen molar-refractivity contribution in [3.63, 3.8) is 0 Å². The first-order valence-corrected chi connectivity index (χ1v) is 8.98. The quantitative estimate of drug-likeness (QED) is 0.844. The lowest BCUT2D eigenvalue weighted by Crippen LogP contribution is -2.37. The van der Waals surface area contributed by atoms with Crippen molar-refractivity contribution in [3.8, 4) is 0 Å². The van der Waals surface area contributed by atoms with Gasteiger partial charge >= 0.3 is 0 Å². The highest BCUT2D eigenvalue weighted by molar-refractivity contribution is 6.30. The van der Waals surface area contributed by atoms with Gasteiger partial charge in [0.05, 0.1) is 0 Å². The third-order valence-corrected chi connectivity index (χ3v) is 4.37. The molecule has 4 nitrogen and oxygen atoms in total. The fraction of sp³-hybridized carbons (Fsp3) is 0.333. The van der Waals surface area contributed by atoms with Crippen LogP contribution in [0.3, 0.4) is 0 Å². The molecule has 0 atom stereocenters. The van der Waals surface area contributed by atoms with Gasteiger partial charge in [-0.1, -0.05) is 50.6 Å². The molecule has 2 amide bonds. The van der Waals surface area contributed by atoms with Crippen LogP contribution in [0.1, 0.15) is 43.6 Å². The fourth-order valence-electron chi connectivity index (χ4n) is 2.62. The average molecular weight is 373 g/mol. The number of amides is 2. The van der Waals surface area contributed by atoms with Gasteiger partial charge < -0.3 is 10.2 Å². The van der Waals surface area contributed by atoms with Crippen LogP contribution in [0.5, 0.6) is 0 Å². The summed E-state index contributed by atoms with van der Waals surface area (Å²) in [5, 5.41) is 3.43. The van der Waals surface area contributed by atoms with E-state index in [0.29, 0.717) is 29.4 Å². The Kier molecular flexibility index (Phi) is 6.43. The van der Waals surface area contributed by atoms with E-state index < -0.39 is 0 Å². The van der Waals surface area contributed by atoms with Gasteiger partial charge in [-0.15, -0.1) is 0 Å². The van der Waals surface area contributed by atoms with Crippen molar-refractivity contribution in [1.82, 2.24) is 5.32 Å². The van der Waals surface area contributed by atoms with Gasteiger partial charge in [0.1, 0.15) is 0 Å². The molecule has 0 saturated heterocycles. The minimum absolute atomic E-state index is 0.0496. The molecule has 1 N–H and O–H groups in total. The zero-order valence-corrected chi connectivity index (χ0v) is 16.4. The van der Waals surface area contributed by atoms with E-state index in [1.54, 1.807) is 23.1 Å². The Hall–Kier alpha value is -2.33. The minimum Gasteiger partial charge on any atom is -0.350 e. The lowest BCUT2D eigenvalue weighted by atomic mass is 9.87. The van der Waals surface area contributed by atoms with Gasteiger partial charge in [0.15, 0.2) is 0 Å². The second-order valence-electron chi connectivity index (χ2n) is 7.23. The number of nitrogens with zero attached hydrogens (tertiary/aromatic N) is 1. The lowest BCUT2D eigenvalue weighted by Gasteiger charge is -2.22. The molecular weight excluding hydrogens is 348 g/mol. The third-order valence-electron chi connectivity index (χ3n) is 4.13. The first-order chi connectivity index (χ1) is 12.2. The van der Waals surface area contributed by atoms with Gasteiger partial charge in [0, 0.05) is 36.3 Å². The first kappa shape index (κ1) is 20.0. The van der Waals surface area contributed by atoms with Gasteiger partial charge in [-0.05, 0) is 41.3 Å². The third kappa shape index (κ3) is 5.33. The number of rotatable bonds is 5. The second kappa shape index (κ2) is 8.37. The predicted octanol–water partition coefficient (Wildman–Crippen LogP) is 4.42. The van der Waals surface area contributed by atoms with Gasteiger partial charge in [-0.2, -0.15) is 0 Å². The molecule has 138 valence electrons. The van der Waals surface area contributed by atoms with Crippen LogP contribution in [0.2, 0.25) is 5.02 Å². The fourth-order valence-corrected chi connectivity index (χ4v) is 2.80. The molecule has 2 rings (SSSR count). The summed E-state index contributed by atoms with van der Waals surface area (Å²) >= 11 is 6.00. The minimum atomic E-state index is -0.153. The Morgan fingerprint density at radius 3 is 2.27 bits per heavy atom. The summed E-state index contributed by atoms with van der Waals surface area (Å²) in [4.78, 5) is 25.8. The highest BCUT2D eigenvalue weighted by Crippen LogP contribution is 2.22. The van der Waals surface area contributed by atoms with Crippen molar-refractivity contribution in [1.29, 1.82) is 0 Å². The zero-order valence-electron chi connectivity index (χ0n) is 15.7. The van der Waals surface area contributed by atoms with E-state index in [1.165, 1.54) is 12.5 Å². The number of carbonyl (C=O) groups is 2. The van der Waals surface area contributed by atoms with Crippen LogP contribution in [-0.4, -0.2) is 24.9 Å². The van der Waals surface area contributed by atoms with Gasteiger partial charge in [0.2, 0.25) is 5.91 Å². The Balaban J connectivity index is 1.97. The molecule has 0 aliphatic heterocycles. The molecule has 0 aromatic heterocycles. The zero-order chi connectivity index (χ0) is 19.3. The van der Waals surface area contributed by atoms with Gasteiger partial charge in [0.25, 0.3) is 5.91 Å². The number of hydrogen-bond donors (Lipinski definition) is 1. The van der Waals surface area contributed by atoms with Crippen LogP contribution in [-0.2, 0) is 10.2 Å². The van der Waals surface area contributed by atoms with Crippen LogP contribution in [0, 0.1) is 0 Å². The summed E-state index contributed by atoms with van der Waals surface area (Å²) in [6, 6.07) is 14.7. The normalized spacial score (nSPS) is 11.1. The lowest BCUT2D eigenvalue weighted by molar-refractivity contribution is -0.116. The maximum atomic E-state index is 12.3. The summed E-state index contributed by atoms with van der Waals surface area (Å²) < 4.78 is 0. The van der Waals surface area contributed by atoms with E-state index in [2.05, 4.69) is 26.1 Å². The molecule has 0 heterocycles. The second-order valence-corrected chi connectivity index (χ2v) is 7.67. The highest BCUT2D eigenvalue weighted by Gasteiger charge is 2.15. The standard InChI is InChI=1S/C21H25ClN2O2/c1-15(25)24(19-7-5-6-18(22)14-19)13-12-23-20(26)16-8-10-17(11-9-16)21(2,3)4/h5-11,14H,12-13H2,1-4H3,(H,23,26). The van der Waals surface area contributed by atoms with E-state index in [-0.39, 0.29) is 17.2 Å². The van der Waals surface area contributed by atoms with E-state index in [4.69, 9.17) is 11.6 Å². The molecule has 0 bridgehead atoms. The summed E-state index contributed by atoms with van der Waals surface area (Å²) in [5.74, 6) is -0.254. The maximum Gasteiger partial charge on any atom is 0.251 e. The Morgan fingerprint density at radius 2 is 1.73 bits per heavy atom. The maximum absolute atomic E-state index is 12.3. The highest BCUT2D eigenvalue weighted by atomic mass is 35.5. The first-order valence-electron chi connectivity index (χ1n) is 8.61. The molecular formula is C21H25ClN2O2. The van der Waals surface area contributed by atoms with Gasteiger partial charge in [-0.3, -0.25) is 9.59 Å². The molecule has 0 saturated carbocycles. The topological polar surface area (TPSA) is 49.4 Å². The molecule has 26 heavy (non-hydrogen) atoms. The molecule has 0 aliphatic carbocycles. The Bertz CT molecular complexity index is 779. The number of anilines is 1. The van der Waals surface area contributed by atoms with Crippen molar-refractivity contribution in [2.45, 2.75) is 33.1 Å². The molecule has 5 heteroatoms. The Morgan fingerprint density at radius 1 is 1.08 bits per heavy atom. The monoisotopic (exact) mass is 372 g/mol. The van der Waals surface area contributed by atoms with E-state index >= 15 is 0 Å². The predicted molar refractivity (Wildman–Crippen MR) is 107 cm³/mol. The van der Waals surface area contributed by atoms with Crippen LogP contribution in [0.4, 0.5) is 5.69 Å². The molecule has 2 aromatic carbocycles. The van der Waals surface area contributed by atoms with Crippen molar-refractivity contribution in [3.05, 3.63) is 64.7 Å². The molecule has 0 unspecified atom stereocenters. The molecule has 0 spiro atoms. The molecule has 0 fully saturated rings. The molecule has 2 aromatic rings. The number of hydrogen-bond acceptors (Lipinski definition) is 2. The number of nitrogens with one attached hydrogen (secondary N) is 1. The molecule has 0 aliphatic rings. The van der Waals surface area contributed by atoms with Crippen LogP contribution in [0.15, 0.2) is 48.5 Å². The van der Waals surface area contributed by atoms with E-state index in [0.717, 1.165) is 0 Å². The Labute approximate surface area is 160 Å². The van der Waals surface area contributed by atoms with Crippen LogP contribution < -0.4 is 10.2 Å². The number of halogens is 1. The summed E-state index contributed by atoms with van der Waals surface area (Å²) in [6.07, 6.45) is 0. The average Bonchev–Trinajstić information content (AvgIpc) is 2.57. The number of carbonyl (C=O) groups excluding carboxylic acids is 2. The summed E-state index contributed by atoms with van der Waals surface area (Å²) in [7, 11) is 0. The van der Waals surface area contributed by atoms with Crippen LogP contribution in [0.25, 0.3) is 0 Å². The van der Waals surface area contributed by atoms with E-state index in [9.17, 15) is 9.59 Å². The van der Waals surface area contributed by atoms with Crippen molar-refractivity contribution < 1.29 is 9.59 Å². The van der Waals surface area contributed by atoms with E-state index in [1.807, 2.05) is 30.3 Å². The summed E-state index contributed by atoms with van der Waals surface area (Å²) in [5.41, 5.74) is 2.55. The number of benzene rings is 2. The van der Waals surface area contributed by atoms with Crippen molar-refractivity contribution in [2.75, 3.05) is 18.0 Å². The van der Waals surface area contributed by atoms with Crippen molar-refractivity contribution in [2.24, 2.45) is 0 Å². The SMILES string of the molecule is CC(=O)N(CCNC(=O)c1ccc(C(C)(C)C)cc1)c1cccc(Cl)c1. The van der Waals surface area contributed by atoms with Crippen LogP contribution >= 0.6 is 11.6 Å². The van der Waals surface area contributed by atoms with Crippen molar-refractivity contribution >= 4 is 29.1 Å². The molecule has 0 radical (unpaired) electrons. The summed E-state index contributed by atoms with van der Waals surface area (Å²) in [6.45, 7) is 8.62. The van der Waals surface area contributed by atoms with Gasteiger partial charge in [-0.25, -0.2) is 0 Å². The smallest absolute Gasteiger partial charge is 0.251 e.